The Morgan fingerprint density at radius 1 is 1.24 bits per heavy atom. The van der Waals surface area contributed by atoms with Gasteiger partial charge in [0, 0.05) is 17.8 Å². The third-order valence-electron chi connectivity index (χ3n) is 5.52. The first-order valence-corrected chi connectivity index (χ1v) is 12.0. The summed E-state index contributed by atoms with van der Waals surface area (Å²) in [4.78, 5) is 4.92. The summed E-state index contributed by atoms with van der Waals surface area (Å²) in [7, 11) is -3.47. The first-order chi connectivity index (χ1) is 14.9. The highest BCUT2D eigenvalue weighted by molar-refractivity contribution is 7.92. The van der Waals surface area contributed by atoms with Crippen LogP contribution in [0.5, 0.6) is 0 Å². The van der Waals surface area contributed by atoms with Gasteiger partial charge in [0.1, 0.15) is 11.4 Å². The second-order valence-electron chi connectivity index (χ2n) is 8.68. The number of hydrogen-bond acceptors (Lipinski definition) is 5. The number of allylic oxidation sites excluding steroid dienone is 1. The number of nitrogens with two attached hydrogens (primary N) is 1. The van der Waals surface area contributed by atoms with Gasteiger partial charge in [0.25, 0.3) is 0 Å². The van der Waals surface area contributed by atoms with E-state index >= 15 is 0 Å². The fourth-order valence-electron chi connectivity index (χ4n) is 3.67. The van der Waals surface area contributed by atoms with Crippen molar-refractivity contribution in [1.82, 2.24) is 9.55 Å². The summed E-state index contributed by atoms with van der Waals surface area (Å²) in [5.41, 5.74) is 8.11. The van der Waals surface area contributed by atoms with E-state index in [1.54, 1.807) is 62.6 Å². The molecule has 0 fully saturated rings. The number of nitrogens with zero attached hydrogens (tertiary/aromatic N) is 2. The fraction of sp³-hybridized carbons (Fsp3) is 0.375. The van der Waals surface area contributed by atoms with Gasteiger partial charge >= 0.3 is 0 Å². The van der Waals surface area contributed by atoms with Crippen LogP contribution in [0, 0.1) is 6.92 Å². The van der Waals surface area contributed by atoms with Gasteiger partial charge in [-0.1, -0.05) is 12.1 Å². The molecular weight excluding hydrogens is 500 g/mol. The Bertz CT molecular complexity index is 1300. The van der Waals surface area contributed by atoms with Crippen LogP contribution in [0.4, 0.5) is 4.39 Å². The van der Waals surface area contributed by atoms with E-state index in [0.717, 1.165) is 5.69 Å². The molecule has 34 heavy (non-hydrogen) atoms. The molecule has 0 aliphatic rings. The summed E-state index contributed by atoms with van der Waals surface area (Å²) in [6.45, 7) is 8.49. The van der Waals surface area contributed by atoms with Crippen molar-refractivity contribution in [3.05, 3.63) is 59.7 Å². The lowest BCUT2D eigenvalue weighted by atomic mass is 10.0. The predicted molar refractivity (Wildman–Crippen MR) is 140 cm³/mol. The predicted octanol–water partition coefficient (Wildman–Crippen LogP) is 5.08. The zero-order valence-electron chi connectivity index (χ0n) is 19.9. The Labute approximate surface area is 212 Å². The van der Waals surface area contributed by atoms with Crippen molar-refractivity contribution < 1.29 is 17.9 Å². The molecular formula is C24H32Cl2FN3O3S. The van der Waals surface area contributed by atoms with Gasteiger partial charge in [-0.05, 0) is 70.5 Å². The average molecular weight is 533 g/mol. The number of fused-ring (bicyclic) bond motifs is 1. The zero-order valence-corrected chi connectivity index (χ0v) is 22.3. The molecule has 0 aliphatic heterocycles. The monoisotopic (exact) mass is 531 g/mol. The Balaban J connectivity index is 0.00000289. The van der Waals surface area contributed by atoms with Crippen LogP contribution < -0.4 is 5.73 Å². The van der Waals surface area contributed by atoms with Crippen molar-refractivity contribution >= 4 is 45.7 Å². The van der Waals surface area contributed by atoms with Gasteiger partial charge < -0.3 is 15.4 Å². The summed E-state index contributed by atoms with van der Waals surface area (Å²) in [5, 5.41) is 9.92. The summed E-state index contributed by atoms with van der Waals surface area (Å²) in [5.74, 6) is -0.373. The molecule has 3 rings (SSSR count). The van der Waals surface area contributed by atoms with Gasteiger partial charge in [0.2, 0.25) is 0 Å². The molecule has 2 heterocycles. The van der Waals surface area contributed by atoms with Crippen LogP contribution in [0.25, 0.3) is 22.2 Å². The first-order valence-electron chi connectivity index (χ1n) is 10.5. The molecule has 3 aromatic rings. The van der Waals surface area contributed by atoms with Gasteiger partial charge in [0.05, 0.1) is 33.4 Å². The maximum atomic E-state index is 14.4. The summed E-state index contributed by atoms with van der Waals surface area (Å²) in [6, 6.07) is 10.2. The molecule has 0 saturated heterocycles. The Hall–Kier alpha value is -1.97. The molecule has 0 radical (unpaired) electrons. The van der Waals surface area contributed by atoms with Gasteiger partial charge in [0.15, 0.2) is 9.84 Å². The van der Waals surface area contributed by atoms with E-state index in [-0.39, 0.29) is 48.6 Å². The molecule has 0 aliphatic carbocycles. The van der Waals surface area contributed by atoms with E-state index in [0.29, 0.717) is 27.9 Å². The number of aromatic nitrogens is 2. The van der Waals surface area contributed by atoms with Crippen LogP contribution in [-0.4, -0.2) is 34.9 Å². The summed E-state index contributed by atoms with van der Waals surface area (Å²) >= 11 is 0. The molecule has 0 atom stereocenters. The lowest BCUT2D eigenvalue weighted by Crippen LogP contribution is -2.17. The van der Waals surface area contributed by atoms with E-state index in [2.05, 4.69) is 0 Å². The molecule has 10 heteroatoms. The number of hydrogen-bond donors (Lipinski definition) is 2. The number of aliphatic hydroxyl groups is 1. The molecule has 188 valence electrons. The molecule has 6 nitrogen and oxygen atoms in total. The lowest BCUT2D eigenvalue weighted by molar-refractivity contribution is 0.0742. The highest BCUT2D eigenvalue weighted by Crippen LogP contribution is 2.36. The van der Waals surface area contributed by atoms with E-state index in [1.165, 1.54) is 6.08 Å². The highest BCUT2D eigenvalue weighted by Gasteiger charge is 2.25. The van der Waals surface area contributed by atoms with Gasteiger partial charge in [-0.25, -0.2) is 17.8 Å². The number of pyridine rings is 1. The Kier molecular flexibility index (Phi) is 9.88. The molecule has 0 spiro atoms. The molecule has 0 bridgehead atoms. The standard InChI is InChI=1S/C24H30FN3O3S.2ClH/c1-15(2)32(30,31)19-8-6-7-17(13-19)22-16(3)28(14-18(25)11-12-26)20-9-10-21(24(4,5)29)27-23(20)22;;/h6-11,13,15,29H,12,14,26H2,1-5H3;2*1H. The van der Waals surface area contributed by atoms with Crippen LogP contribution in [0.2, 0.25) is 0 Å². The quantitative estimate of drug-likeness (QED) is 0.443. The topological polar surface area (TPSA) is 98.2 Å². The van der Waals surface area contributed by atoms with Crippen LogP contribution in [0.3, 0.4) is 0 Å². The van der Waals surface area contributed by atoms with Gasteiger partial charge in [-0.3, -0.25) is 0 Å². The lowest BCUT2D eigenvalue weighted by Gasteiger charge is -2.16. The maximum absolute atomic E-state index is 14.4. The number of sulfone groups is 1. The zero-order chi connectivity index (χ0) is 23.8. The normalized spacial score (nSPS) is 12.6. The molecule has 0 amide bonds. The van der Waals surface area contributed by atoms with E-state index in [1.807, 2.05) is 13.0 Å². The van der Waals surface area contributed by atoms with Crippen molar-refractivity contribution in [3.63, 3.8) is 0 Å². The van der Waals surface area contributed by atoms with Crippen LogP contribution in [-0.2, 0) is 22.0 Å². The maximum Gasteiger partial charge on any atom is 0.180 e. The minimum atomic E-state index is -3.47. The van der Waals surface area contributed by atoms with E-state index in [4.69, 9.17) is 10.7 Å². The van der Waals surface area contributed by atoms with Crippen LogP contribution in [0.15, 0.2) is 53.2 Å². The third kappa shape index (κ3) is 5.80. The molecule has 0 unspecified atom stereocenters. The molecule has 2 aromatic heterocycles. The minimum absolute atomic E-state index is 0. The Morgan fingerprint density at radius 3 is 2.44 bits per heavy atom. The second kappa shape index (κ2) is 11.2. The third-order valence-corrected chi connectivity index (χ3v) is 7.67. The van der Waals surface area contributed by atoms with Gasteiger partial charge in [-0.15, -0.1) is 24.8 Å². The average Bonchev–Trinajstić information content (AvgIpc) is 2.98. The number of halogens is 3. The van der Waals surface area contributed by atoms with Crippen molar-refractivity contribution in [1.29, 1.82) is 0 Å². The summed E-state index contributed by atoms with van der Waals surface area (Å²) in [6.07, 6.45) is 1.32. The summed E-state index contributed by atoms with van der Waals surface area (Å²) < 4.78 is 41.7. The number of rotatable bonds is 7. The smallest absolute Gasteiger partial charge is 0.180 e. The van der Waals surface area contributed by atoms with E-state index < -0.39 is 20.7 Å². The van der Waals surface area contributed by atoms with Crippen LogP contribution in [0.1, 0.15) is 39.1 Å². The van der Waals surface area contributed by atoms with Crippen molar-refractivity contribution in [3.8, 4) is 11.1 Å². The fourth-order valence-corrected chi connectivity index (χ4v) is 4.78. The first kappa shape index (κ1) is 30.1. The van der Waals surface area contributed by atoms with Crippen molar-refractivity contribution in [2.24, 2.45) is 5.73 Å². The molecule has 0 saturated carbocycles. The highest BCUT2D eigenvalue weighted by atomic mass is 35.5. The van der Waals surface area contributed by atoms with E-state index in [9.17, 15) is 17.9 Å². The second-order valence-corrected chi connectivity index (χ2v) is 11.2. The van der Waals surface area contributed by atoms with Crippen molar-refractivity contribution in [2.75, 3.05) is 6.54 Å². The van der Waals surface area contributed by atoms with Crippen molar-refractivity contribution in [2.45, 2.75) is 56.9 Å². The Morgan fingerprint density at radius 2 is 1.88 bits per heavy atom. The largest absolute Gasteiger partial charge is 0.384 e. The molecule has 1 aromatic carbocycles. The van der Waals surface area contributed by atoms with Gasteiger partial charge in [-0.2, -0.15) is 0 Å². The van der Waals surface area contributed by atoms with Crippen LogP contribution >= 0.6 is 24.8 Å². The molecule has 3 N–H and O–H groups in total. The SMILES string of the molecule is Cc1c(-c2cccc(S(=O)(=O)C(C)C)c2)c2nc(C(C)(C)O)ccc2n1CC(F)=CCN.Cl.Cl. The number of benzene rings is 1. The minimum Gasteiger partial charge on any atom is -0.384 e.